The molecule has 16 heavy (non-hydrogen) atoms. The van der Waals surface area contributed by atoms with Crippen LogP contribution in [0, 0.1) is 12.8 Å². The summed E-state index contributed by atoms with van der Waals surface area (Å²) in [6.07, 6.45) is 2.50. The van der Waals surface area contributed by atoms with Crippen molar-refractivity contribution in [1.29, 1.82) is 0 Å². The number of carbonyl (C=O) groups excluding carboxylic acids is 1. The number of carbonyl (C=O) groups is 1. The number of rotatable bonds is 6. The van der Waals surface area contributed by atoms with E-state index in [9.17, 15) is 4.79 Å². The van der Waals surface area contributed by atoms with Gasteiger partial charge in [0.05, 0.1) is 13.2 Å². The van der Waals surface area contributed by atoms with Crippen molar-refractivity contribution in [2.24, 2.45) is 5.92 Å². The lowest BCUT2D eigenvalue weighted by molar-refractivity contribution is -0.126. The molecule has 0 spiro atoms. The second-order valence-electron chi connectivity index (χ2n) is 4.12. The van der Waals surface area contributed by atoms with Crippen LogP contribution in [0.4, 0.5) is 0 Å². The number of ether oxygens (including phenoxy) is 1. The summed E-state index contributed by atoms with van der Waals surface area (Å²) >= 11 is 1.56. The van der Waals surface area contributed by atoms with E-state index in [-0.39, 0.29) is 12.5 Å². The minimum Gasteiger partial charge on any atom is -0.371 e. The summed E-state index contributed by atoms with van der Waals surface area (Å²) in [4.78, 5) is 15.6. The van der Waals surface area contributed by atoms with E-state index >= 15 is 0 Å². The normalized spacial score (nSPS) is 15.1. The maximum absolute atomic E-state index is 11.4. The van der Waals surface area contributed by atoms with Crippen LogP contribution >= 0.6 is 11.3 Å². The van der Waals surface area contributed by atoms with Gasteiger partial charge in [-0.15, -0.1) is 11.3 Å². The molecule has 0 atom stereocenters. The standard InChI is InChI=1S/C11H16N2O2S/c1-8-7-16-11(13-8)4-12-10(14)6-15-5-9-2-3-9/h7,9H,2-6H2,1H3,(H,12,14). The van der Waals surface area contributed by atoms with Crippen LogP contribution < -0.4 is 5.32 Å². The molecule has 1 amide bonds. The minimum atomic E-state index is -0.0616. The number of thiazole rings is 1. The first-order valence-corrected chi connectivity index (χ1v) is 6.37. The highest BCUT2D eigenvalue weighted by Crippen LogP contribution is 2.28. The molecule has 0 aromatic carbocycles. The molecule has 1 aliphatic rings. The zero-order valence-corrected chi connectivity index (χ0v) is 10.2. The lowest BCUT2D eigenvalue weighted by Crippen LogP contribution is -2.27. The van der Waals surface area contributed by atoms with Crippen LogP contribution in [-0.4, -0.2) is 24.1 Å². The number of aryl methyl sites for hydroxylation is 1. The molecule has 88 valence electrons. The van der Waals surface area contributed by atoms with E-state index in [1.54, 1.807) is 11.3 Å². The van der Waals surface area contributed by atoms with Crippen molar-refractivity contribution >= 4 is 17.2 Å². The van der Waals surface area contributed by atoms with Gasteiger partial charge in [-0.3, -0.25) is 4.79 Å². The predicted octanol–water partition coefficient (Wildman–Crippen LogP) is 1.49. The van der Waals surface area contributed by atoms with Crippen LogP contribution in [0.1, 0.15) is 23.5 Å². The van der Waals surface area contributed by atoms with E-state index in [4.69, 9.17) is 4.74 Å². The molecule has 1 N–H and O–H groups in total. The molecule has 4 nitrogen and oxygen atoms in total. The Balaban J connectivity index is 1.59. The van der Waals surface area contributed by atoms with Crippen molar-refractivity contribution in [1.82, 2.24) is 10.3 Å². The first-order valence-electron chi connectivity index (χ1n) is 5.49. The second kappa shape index (κ2) is 5.41. The highest BCUT2D eigenvalue weighted by Gasteiger charge is 2.21. The van der Waals surface area contributed by atoms with Crippen molar-refractivity contribution < 1.29 is 9.53 Å². The van der Waals surface area contributed by atoms with Gasteiger partial charge in [-0.05, 0) is 25.7 Å². The van der Waals surface area contributed by atoms with E-state index in [1.165, 1.54) is 12.8 Å². The maximum atomic E-state index is 11.4. The zero-order chi connectivity index (χ0) is 11.4. The summed E-state index contributed by atoms with van der Waals surface area (Å²) in [6.45, 7) is 3.34. The lowest BCUT2D eigenvalue weighted by Gasteiger charge is -2.03. The maximum Gasteiger partial charge on any atom is 0.246 e. The Morgan fingerprint density at radius 3 is 3.12 bits per heavy atom. The molecule has 1 aliphatic carbocycles. The van der Waals surface area contributed by atoms with Crippen molar-refractivity contribution in [3.63, 3.8) is 0 Å². The van der Waals surface area contributed by atoms with Gasteiger partial charge in [0.15, 0.2) is 0 Å². The first-order chi connectivity index (χ1) is 7.74. The van der Waals surface area contributed by atoms with E-state index in [0.29, 0.717) is 12.5 Å². The number of nitrogens with zero attached hydrogens (tertiary/aromatic N) is 1. The third-order valence-electron chi connectivity index (χ3n) is 2.39. The number of aromatic nitrogens is 1. The minimum absolute atomic E-state index is 0.0616. The van der Waals surface area contributed by atoms with Crippen molar-refractivity contribution in [3.05, 3.63) is 16.1 Å². The Hall–Kier alpha value is -0.940. The zero-order valence-electron chi connectivity index (χ0n) is 9.36. The average molecular weight is 240 g/mol. The fourth-order valence-corrected chi connectivity index (χ4v) is 2.02. The summed E-state index contributed by atoms with van der Waals surface area (Å²) in [7, 11) is 0. The summed E-state index contributed by atoms with van der Waals surface area (Å²) < 4.78 is 5.28. The van der Waals surface area contributed by atoms with Gasteiger partial charge >= 0.3 is 0 Å². The van der Waals surface area contributed by atoms with Crippen molar-refractivity contribution in [2.45, 2.75) is 26.3 Å². The summed E-state index contributed by atoms with van der Waals surface area (Å²) in [5.74, 6) is 0.642. The van der Waals surface area contributed by atoms with Gasteiger partial charge in [-0.1, -0.05) is 0 Å². The molecule has 1 fully saturated rings. The number of hydrogen-bond acceptors (Lipinski definition) is 4. The van der Waals surface area contributed by atoms with Gasteiger partial charge in [0.25, 0.3) is 0 Å². The molecule has 1 heterocycles. The third-order valence-corrected chi connectivity index (χ3v) is 3.35. The van der Waals surface area contributed by atoms with Gasteiger partial charge in [0, 0.05) is 11.1 Å². The van der Waals surface area contributed by atoms with Crippen molar-refractivity contribution in [2.75, 3.05) is 13.2 Å². The number of nitrogens with one attached hydrogen (secondary N) is 1. The van der Waals surface area contributed by atoms with E-state index in [1.807, 2.05) is 12.3 Å². The fraction of sp³-hybridized carbons (Fsp3) is 0.636. The molecule has 1 saturated carbocycles. The summed E-state index contributed by atoms with van der Waals surface area (Å²) in [6, 6.07) is 0. The van der Waals surface area contributed by atoms with E-state index in [0.717, 1.165) is 17.3 Å². The number of amides is 1. The molecule has 1 aromatic heterocycles. The molecule has 0 bridgehead atoms. The lowest BCUT2D eigenvalue weighted by atomic mass is 10.5. The second-order valence-corrected chi connectivity index (χ2v) is 5.06. The van der Waals surface area contributed by atoms with Crippen LogP contribution in [0.3, 0.4) is 0 Å². The third kappa shape index (κ3) is 3.90. The molecule has 0 unspecified atom stereocenters. The molecule has 0 saturated heterocycles. The largest absolute Gasteiger partial charge is 0.371 e. The Kier molecular flexibility index (Phi) is 3.90. The predicted molar refractivity (Wildman–Crippen MR) is 62.2 cm³/mol. The Bertz CT molecular complexity index is 361. The van der Waals surface area contributed by atoms with Crippen LogP contribution in [0.25, 0.3) is 0 Å². The summed E-state index contributed by atoms with van der Waals surface area (Å²) in [5.41, 5.74) is 0.999. The topological polar surface area (TPSA) is 51.2 Å². The quantitative estimate of drug-likeness (QED) is 0.819. The van der Waals surface area contributed by atoms with Crippen LogP contribution in [-0.2, 0) is 16.1 Å². The summed E-state index contributed by atoms with van der Waals surface area (Å²) in [5, 5.41) is 5.71. The SMILES string of the molecule is Cc1csc(CNC(=O)COCC2CC2)n1. The molecule has 2 rings (SSSR count). The van der Waals surface area contributed by atoms with Crippen LogP contribution in [0.15, 0.2) is 5.38 Å². The molecular weight excluding hydrogens is 224 g/mol. The average Bonchev–Trinajstić information content (AvgIpc) is 2.98. The van der Waals surface area contributed by atoms with Gasteiger partial charge < -0.3 is 10.1 Å². The van der Waals surface area contributed by atoms with Gasteiger partial charge in [-0.2, -0.15) is 0 Å². The van der Waals surface area contributed by atoms with E-state index < -0.39 is 0 Å². The molecule has 5 heteroatoms. The number of hydrogen-bond donors (Lipinski definition) is 1. The highest BCUT2D eigenvalue weighted by molar-refractivity contribution is 7.09. The monoisotopic (exact) mass is 240 g/mol. The van der Waals surface area contributed by atoms with Crippen molar-refractivity contribution in [3.8, 4) is 0 Å². The Morgan fingerprint density at radius 2 is 2.50 bits per heavy atom. The smallest absolute Gasteiger partial charge is 0.246 e. The molecule has 0 radical (unpaired) electrons. The Morgan fingerprint density at radius 1 is 1.69 bits per heavy atom. The van der Waals surface area contributed by atoms with Gasteiger partial charge in [-0.25, -0.2) is 4.98 Å². The van der Waals surface area contributed by atoms with Crippen LogP contribution in [0.2, 0.25) is 0 Å². The van der Waals surface area contributed by atoms with Crippen LogP contribution in [0.5, 0.6) is 0 Å². The molecule has 1 aromatic rings. The highest BCUT2D eigenvalue weighted by atomic mass is 32.1. The van der Waals surface area contributed by atoms with E-state index in [2.05, 4.69) is 10.3 Å². The molecule has 0 aliphatic heterocycles. The fourth-order valence-electron chi connectivity index (χ4n) is 1.31. The molecular formula is C11H16N2O2S. The van der Waals surface area contributed by atoms with Gasteiger partial charge in [0.2, 0.25) is 5.91 Å². The van der Waals surface area contributed by atoms with Gasteiger partial charge in [0.1, 0.15) is 11.6 Å². The first kappa shape index (κ1) is 11.5. The Labute approximate surface area is 99.0 Å².